The Balaban J connectivity index is 2.27. The molecule has 0 aromatic heterocycles. The van der Waals surface area contributed by atoms with Crippen LogP contribution in [0.4, 0.5) is 16.2 Å². The summed E-state index contributed by atoms with van der Waals surface area (Å²) in [6, 6.07) is 3.48. The van der Waals surface area contributed by atoms with Gasteiger partial charge in [0.25, 0.3) is 0 Å². The Hall–Kier alpha value is -2.69. The third kappa shape index (κ3) is 3.15. The van der Waals surface area contributed by atoms with Gasteiger partial charge in [-0.25, -0.2) is 4.79 Å². The van der Waals surface area contributed by atoms with Crippen molar-refractivity contribution in [2.45, 2.75) is 41.5 Å². The zero-order valence-corrected chi connectivity index (χ0v) is 15.0. The summed E-state index contributed by atoms with van der Waals surface area (Å²) in [6.45, 7) is 11.3. The number of nitrogen functional groups attached to an aromatic ring is 2. The number of aryl methyl sites for hydroxylation is 2. The van der Waals surface area contributed by atoms with E-state index < -0.39 is 6.16 Å². The topological polar surface area (TPSA) is 87.6 Å². The van der Waals surface area contributed by atoms with Crippen molar-refractivity contribution in [3.05, 3.63) is 45.5 Å². The highest BCUT2D eigenvalue weighted by Crippen LogP contribution is 2.31. The molecule has 0 atom stereocenters. The lowest BCUT2D eigenvalue weighted by Gasteiger charge is -2.16. The van der Waals surface area contributed by atoms with Gasteiger partial charge in [0.15, 0.2) is 0 Å². The van der Waals surface area contributed by atoms with Crippen LogP contribution in [-0.2, 0) is 0 Å². The lowest BCUT2D eigenvalue weighted by Crippen LogP contribution is -2.16. The van der Waals surface area contributed by atoms with Crippen molar-refractivity contribution >= 4 is 17.5 Å². The van der Waals surface area contributed by atoms with Crippen LogP contribution in [0, 0.1) is 41.5 Å². The Morgan fingerprint density at radius 2 is 1.04 bits per heavy atom. The Morgan fingerprint density at radius 3 is 1.38 bits per heavy atom. The number of hydrogen-bond acceptors (Lipinski definition) is 5. The fourth-order valence-corrected chi connectivity index (χ4v) is 2.54. The largest absolute Gasteiger partial charge is 0.519 e. The maximum Gasteiger partial charge on any atom is 0.519 e. The van der Waals surface area contributed by atoms with Gasteiger partial charge < -0.3 is 20.9 Å². The molecule has 0 saturated carbocycles. The van der Waals surface area contributed by atoms with E-state index in [1.54, 1.807) is 12.1 Å². The first-order chi connectivity index (χ1) is 11.1. The van der Waals surface area contributed by atoms with Crippen molar-refractivity contribution < 1.29 is 14.3 Å². The summed E-state index contributed by atoms with van der Waals surface area (Å²) in [5.41, 5.74) is 18.5. The first kappa shape index (κ1) is 17.7. The summed E-state index contributed by atoms with van der Waals surface area (Å²) in [7, 11) is 0. The number of nitrogens with two attached hydrogens (primary N) is 2. The van der Waals surface area contributed by atoms with Crippen molar-refractivity contribution in [1.29, 1.82) is 0 Å². The normalized spacial score (nSPS) is 10.6. The maximum atomic E-state index is 12.2. The second-order valence-corrected chi connectivity index (χ2v) is 6.16. The van der Waals surface area contributed by atoms with Crippen molar-refractivity contribution in [2.24, 2.45) is 0 Å². The van der Waals surface area contributed by atoms with E-state index in [2.05, 4.69) is 0 Å². The van der Waals surface area contributed by atoms with Gasteiger partial charge in [0, 0.05) is 11.4 Å². The maximum absolute atomic E-state index is 12.2. The van der Waals surface area contributed by atoms with Crippen LogP contribution in [0.2, 0.25) is 0 Å². The van der Waals surface area contributed by atoms with Crippen LogP contribution in [0.5, 0.6) is 11.5 Å². The Morgan fingerprint density at radius 1 is 0.708 bits per heavy atom. The fraction of sp³-hybridized carbons (Fsp3) is 0.316. The van der Waals surface area contributed by atoms with E-state index in [-0.39, 0.29) is 0 Å². The summed E-state index contributed by atoms with van der Waals surface area (Å²) >= 11 is 0. The van der Waals surface area contributed by atoms with Crippen molar-refractivity contribution in [1.82, 2.24) is 0 Å². The van der Waals surface area contributed by atoms with Gasteiger partial charge in [0.05, 0.1) is 0 Å². The third-order valence-corrected chi connectivity index (χ3v) is 4.60. The van der Waals surface area contributed by atoms with Crippen LogP contribution in [0.3, 0.4) is 0 Å². The molecule has 0 aliphatic heterocycles. The highest BCUT2D eigenvalue weighted by molar-refractivity contribution is 5.72. The number of anilines is 2. The van der Waals surface area contributed by atoms with Crippen LogP contribution in [-0.4, -0.2) is 6.16 Å². The molecular formula is C19H24N2O3. The van der Waals surface area contributed by atoms with Crippen molar-refractivity contribution in [3.8, 4) is 11.5 Å². The Bertz CT molecular complexity index is 759. The third-order valence-electron chi connectivity index (χ3n) is 4.60. The van der Waals surface area contributed by atoms with Crippen LogP contribution in [0.15, 0.2) is 12.1 Å². The van der Waals surface area contributed by atoms with E-state index in [1.807, 2.05) is 41.5 Å². The molecule has 0 aliphatic rings. The van der Waals surface area contributed by atoms with Gasteiger partial charge in [-0.3, -0.25) is 0 Å². The molecule has 0 bridgehead atoms. The number of carbonyl (C=O) groups excluding carboxylic acids is 1. The summed E-state index contributed by atoms with van der Waals surface area (Å²) in [5, 5.41) is 0. The lowest BCUT2D eigenvalue weighted by molar-refractivity contribution is 0.151. The summed E-state index contributed by atoms with van der Waals surface area (Å²) < 4.78 is 10.8. The van der Waals surface area contributed by atoms with E-state index in [9.17, 15) is 4.79 Å². The average molecular weight is 328 g/mol. The molecule has 0 spiro atoms. The Kier molecular flexibility index (Phi) is 4.73. The van der Waals surface area contributed by atoms with E-state index in [4.69, 9.17) is 20.9 Å². The molecule has 0 radical (unpaired) electrons. The zero-order valence-electron chi connectivity index (χ0n) is 15.0. The van der Waals surface area contributed by atoms with Crippen molar-refractivity contribution in [3.63, 3.8) is 0 Å². The minimum atomic E-state index is -0.784. The van der Waals surface area contributed by atoms with Gasteiger partial charge in [0.2, 0.25) is 0 Å². The second kappa shape index (κ2) is 6.43. The SMILES string of the molecule is Cc1cc(OC(=O)Oc2cc(C)c(N)c(C)c2C)c(C)c(C)c1N. The summed E-state index contributed by atoms with van der Waals surface area (Å²) in [6.07, 6.45) is -0.784. The number of benzene rings is 2. The highest BCUT2D eigenvalue weighted by atomic mass is 16.7. The molecule has 0 amide bonds. The monoisotopic (exact) mass is 328 g/mol. The lowest BCUT2D eigenvalue weighted by atomic mass is 10.0. The van der Waals surface area contributed by atoms with E-state index in [0.717, 1.165) is 33.4 Å². The zero-order chi connectivity index (χ0) is 18.2. The first-order valence-corrected chi connectivity index (χ1v) is 7.75. The molecule has 2 aromatic rings. The minimum absolute atomic E-state index is 0.450. The Labute approximate surface area is 142 Å². The second-order valence-electron chi connectivity index (χ2n) is 6.16. The van der Waals surface area contributed by atoms with Gasteiger partial charge >= 0.3 is 6.16 Å². The molecule has 128 valence electrons. The van der Waals surface area contributed by atoms with Crippen LogP contribution in [0.1, 0.15) is 33.4 Å². The fourth-order valence-electron chi connectivity index (χ4n) is 2.54. The minimum Gasteiger partial charge on any atom is -0.398 e. The van der Waals surface area contributed by atoms with E-state index in [0.29, 0.717) is 22.9 Å². The number of rotatable bonds is 2. The molecule has 5 nitrogen and oxygen atoms in total. The molecule has 5 heteroatoms. The quantitative estimate of drug-likeness (QED) is 0.488. The molecule has 0 heterocycles. The van der Waals surface area contributed by atoms with Gasteiger partial charge in [0.1, 0.15) is 11.5 Å². The highest BCUT2D eigenvalue weighted by Gasteiger charge is 2.17. The molecule has 0 unspecified atom stereocenters. The van der Waals surface area contributed by atoms with Gasteiger partial charge in [-0.15, -0.1) is 0 Å². The molecule has 24 heavy (non-hydrogen) atoms. The predicted molar refractivity (Wildman–Crippen MR) is 96.8 cm³/mol. The van der Waals surface area contributed by atoms with Crippen LogP contribution in [0.25, 0.3) is 0 Å². The smallest absolute Gasteiger partial charge is 0.398 e. The molecule has 0 aliphatic carbocycles. The van der Waals surface area contributed by atoms with Crippen LogP contribution >= 0.6 is 0 Å². The molecular weight excluding hydrogens is 304 g/mol. The van der Waals surface area contributed by atoms with Gasteiger partial charge in [-0.1, -0.05) is 0 Å². The standard InChI is InChI=1S/C19H24N2O3/c1-9-7-15(11(3)13(5)17(9)20)23-19(22)24-16-8-10(2)18(21)14(6)12(16)4/h7-8H,20-21H2,1-6H3. The van der Waals surface area contributed by atoms with Gasteiger partial charge in [-0.05, 0) is 87.1 Å². The molecule has 2 rings (SSSR count). The van der Waals surface area contributed by atoms with E-state index in [1.165, 1.54) is 0 Å². The molecule has 2 aromatic carbocycles. The average Bonchev–Trinajstić information content (AvgIpc) is 2.53. The summed E-state index contributed by atoms with van der Waals surface area (Å²) in [4.78, 5) is 12.2. The number of hydrogen-bond donors (Lipinski definition) is 2. The number of carbonyl (C=O) groups is 1. The molecule has 0 fully saturated rings. The predicted octanol–water partition coefficient (Wildman–Crippen LogP) is 4.28. The van der Waals surface area contributed by atoms with E-state index >= 15 is 0 Å². The molecule has 0 saturated heterocycles. The van der Waals surface area contributed by atoms with Gasteiger partial charge in [-0.2, -0.15) is 0 Å². The number of ether oxygens (including phenoxy) is 2. The van der Waals surface area contributed by atoms with Crippen molar-refractivity contribution in [2.75, 3.05) is 11.5 Å². The van der Waals surface area contributed by atoms with Crippen LogP contribution < -0.4 is 20.9 Å². The first-order valence-electron chi connectivity index (χ1n) is 7.75. The summed E-state index contributed by atoms with van der Waals surface area (Å²) in [5.74, 6) is 0.900. The molecule has 4 N–H and O–H groups in total.